The summed E-state index contributed by atoms with van der Waals surface area (Å²) in [6.45, 7) is 0. The maximum absolute atomic E-state index is 13.2. The van der Waals surface area contributed by atoms with Crippen molar-refractivity contribution in [1.29, 1.82) is 0 Å². The van der Waals surface area contributed by atoms with Gasteiger partial charge >= 0.3 is 5.97 Å². The fourth-order valence-corrected chi connectivity index (χ4v) is 0.901. The van der Waals surface area contributed by atoms with Gasteiger partial charge in [0.15, 0.2) is 0 Å². The second-order valence-corrected chi connectivity index (χ2v) is 2.59. The second-order valence-electron chi connectivity index (χ2n) is 2.59. The molecule has 1 N–H and O–H groups in total. The summed E-state index contributed by atoms with van der Waals surface area (Å²) in [5, 5.41) is 18.5. The lowest BCUT2D eigenvalue weighted by molar-refractivity contribution is -0.419. The number of rotatable bonds is 2. The van der Waals surface area contributed by atoms with Gasteiger partial charge in [-0.1, -0.05) is 0 Å². The summed E-state index contributed by atoms with van der Waals surface area (Å²) in [7, 11) is 0. The highest BCUT2D eigenvalue weighted by Crippen LogP contribution is 2.25. The number of carboxylic acid groups (broad SMARTS) is 1. The van der Waals surface area contributed by atoms with Crippen molar-refractivity contribution in [2.24, 2.45) is 0 Å². The SMILES string of the molecule is O=C(O)C1(F)C=CC([N+](=O)[O-])=CC1. The van der Waals surface area contributed by atoms with Crippen LogP contribution in [0.3, 0.4) is 0 Å². The fraction of sp³-hybridized carbons (Fsp3) is 0.286. The molecule has 0 spiro atoms. The first-order chi connectivity index (χ1) is 5.96. The molecule has 0 saturated carbocycles. The van der Waals surface area contributed by atoms with E-state index in [1.165, 1.54) is 0 Å². The molecule has 0 aliphatic heterocycles. The average Bonchev–Trinajstić information content (AvgIpc) is 2.04. The Labute approximate surface area is 72.3 Å². The van der Waals surface area contributed by atoms with Gasteiger partial charge < -0.3 is 5.11 Å². The Bertz CT molecular complexity index is 322. The van der Waals surface area contributed by atoms with Gasteiger partial charge in [-0.05, 0) is 12.2 Å². The Balaban J connectivity index is 2.85. The maximum Gasteiger partial charge on any atom is 0.345 e. The highest BCUT2D eigenvalue weighted by atomic mass is 19.1. The summed E-state index contributed by atoms with van der Waals surface area (Å²) < 4.78 is 13.2. The largest absolute Gasteiger partial charge is 0.479 e. The first kappa shape index (κ1) is 9.37. The van der Waals surface area contributed by atoms with E-state index < -0.39 is 23.0 Å². The van der Waals surface area contributed by atoms with Gasteiger partial charge in [0.1, 0.15) is 0 Å². The molecule has 13 heavy (non-hydrogen) atoms. The Kier molecular flexibility index (Phi) is 2.14. The summed E-state index contributed by atoms with van der Waals surface area (Å²) in [6.07, 6.45) is 1.99. The molecule has 5 nitrogen and oxygen atoms in total. The van der Waals surface area contributed by atoms with E-state index in [2.05, 4.69) is 0 Å². The molecule has 0 aromatic carbocycles. The molecule has 1 aliphatic rings. The zero-order valence-corrected chi connectivity index (χ0v) is 6.44. The lowest BCUT2D eigenvalue weighted by atomic mass is 9.96. The number of allylic oxidation sites excluding steroid dienone is 2. The van der Waals surface area contributed by atoms with Crippen LogP contribution in [-0.2, 0) is 4.79 Å². The molecule has 0 aromatic heterocycles. The van der Waals surface area contributed by atoms with Crippen LogP contribution in [-0.4, -0.2) is 21.7 Å². The van der Waals surface area contributed by atoms with Crippen LogP contribution in [0.15, 0.2) is 23.9 Å². The lowest BCUT2D eigenvalue weighted by Gasteiger charge is -2.15. The van der Waals surface area contributed by atoms with E-state index in [9.17, 15) is 19.3 Å². The van der Waals surface area contributed by atoms with Crippen molar-refractivity contribution in [3.05, 3.63) is 34.0 Å². The molecule has 0 heterocycles. The fourth-order valence-electron chi connectivity index (χ4n) is 0.901. The first-order valence-electron chi connectivity index (χ1n) is 3.42. The van der Waals surface area contributed by atoms with E-state index in [-0.39, 0.29) is 5.70 Å². The molecular formula is C7H6FNO4. The van der Waals surface area contributed by atoms with Crippen molar-refractivity contribution in [2.45, 2.75) is 12.1 Å². The van der Waals surface area contributed by atoms with Gasteiger partial charge in [0.2, 0.25) is 5.67 Å². The van der Waals surface area contributed by atoms with Gasteiger partial charge in [0, 0.05) is 12.5 Å². The van der Waals surface area contributed by atoms with Crippen LogP contribution in [0.5, 0.6) is 0 Å². The minimum atomic E-state index is -2.50. The standard InChI is InChI=1S/C7H6FNO4/c8-7(6(10)11)3-1-5(2-4-7)9(12)13/h1-3H,4H2,(H,10,11). The summed E-state index contributed by atoms with van der Waals surface area (Å²) in [5.74, 6) is -1.64. The zero-order valence-electron chi connectivity index (χ0n) is 6.44. The Hall–Kier alpha value is -1.72. The van der Waals surface area contributed by atoms with Crippen molar-refractivity contribution in [3.8, 4) is 0 Å². The average molecular weight is 187 g/mol. The number of carbonyl (C=O) groups is 1. The Morgan fingerprint density at radius 2 is 2.38 bits per heavy atom. The molecule has 0 radical (unpaired) electrons. The summed E-state index contributed by atoms with van der Waals surface area (Å²) in [4.78, 5) is 19.8. The van der Waals surface area contributed by atoms with Gasteiger partial charge in [-0.15, -0.1) is 0 Å². The van der Waals surface area contributed by atoms with Crippen LogP contribution < -0.4 is 0 Å². The number of carboxylic acids is 1. The molecule has 70 valence electrons. The van der Waals surface area contributed by atoms with E-state index in [0.29, 0.717) is 6.08 Å². The van der Waals surface area contributed by atoms with Gasteiger partial charge in [-0.25, -0.2) is 9.18 Å². The van der Waals surface area contributed by atoms with E-state index >= 15 is 0 Å². The number of hydrogen-bond acceptors (Lipinski definition) is 3. The van der Waals surface area contributed by atoms with Gasteiger partial charge in [0.05, 0.1) is 4.92 Å². The minimum Gasteiger partial charge on any atom is -0.479 e. The number of halogens is 1. The Morgan fingerprint density at radius 1 is 1.77 bits per heavy atom. The predicted molar refractivity (Wildman–Crippen MR) is 40.3 cm³/mol. The zero-order chi connectivity index (χ0) is 10.1. The van der Waals surface area contributed by atoms with Gasteiger partial charge in [-0.2, -0.15) is 0 Å². The summed E-state index contributed by atoms with van der Waals surface area (Å²) in [6, 6.07) is 0. The maximum atomic E-state index is 13.2. The monoisotopic (exact) mass is 187 g/mol. The first-order valence-corrected chi connectivity index (χ1v) is 3.42. The molecule has 6 heteroatoms. The van der Waals surface area contributed by atoms with Crippen LogP contribution in [0.4, 0.5) is 4.39 Å². The molecule has 1 atom stereocenters. The van der Waals surface area contributed by atoms with E-state index in [1.807, 2.05) is 0 Å². The number of hydrogen-bond donors (Lipinski definition) is 1. The van der Waals surface area contributed by atoms with Crippen LogP contribution in [0.25, 0.3) is 0 Å². The summed E-state index contributed by atoms with van der Waals surface area (Å²) >= 11 is 0. The molecule has 0 aromatic rings. The topological polar surface area (TPSA) is 80.4 Å². The normalized spacial score (nSPS) is 26.7. The van der Waals surface area contributed by atoms with Crippen LogP contribution >= 0.6 is 0 Å². The molecule has 0 saturated heterocycles. The third kappa shape index (κ3) is 1.71. The van der Waals surface area contributed by atoms with Crippen molar-refractivity contribution in [3.63, 3.8) is 0 Å². The van der Waals surface area contributed by atoms with Crippen LogP contribution in [0.1, 0.15) is 6.42 Å². The third-order valence-electron chi connectivity index (χ3n) is 1.69. The van der Waals surface area contributed by atoms with E-state index in [1.54, 1.807) is 0 Å². The van der Waals surface area contributed by atoms with Crippen molar-refractivity contribution in [2.75, 3.05) is 0 Å². The Morgan fingerprint density at radius 3 is 2.69 bits per heavy atom. The molecule has 0 bridgehead atoms. The highest BCUT2D eigenvalue weighted by Gasteiger charge is 2.38. The van der Waals surface area contributed by atoms with Crippen LogP contribution in [0, 0.1) is 10.1 Å². The van der Waals surface area contributed by atoms with Gasteiger partial charge in [0.25, 0.3) is 5.70 Å². The van der Waals surface area contributed by atoms with Crippen LogP contribution in [0.2, 0.25) is 0 Å². The smallest absolute Gasteiger partial charge is 0.345 e. The third-order valence-corrected chi connectivity index (χ3v) is 1.69. The second kappa shape index (κ2) is 2.96. The number of nitro groups is 1. The molecule has 1 aliphatic carbocycles. The summed E-state index contributed by atoms with van der Waals surface area (Å²) in [5.41, 5.74) is -2.78. The predicted octanol–water partition coefficient (Wildman–Crippen LogP) is 0.900. The quantitative estimate of drug-likeness (QED) is 0.514. The highest BCUT2D eigenvalue weighted by molar-refractivity contribution is 5.80. The van der Waals surface area contributed by atoms with Gasteiger partial charge in [-0.3, -0.25) is 10.1 Å². The number of nitrogens with zero attached hydrogens (tertiary/aromatic N) is 1. The molecule has 1 rings (SSSR count). The van der Waals surface area contributed by atoms with E-state index in [4.69, 9.17) is 5.11 Å². The number of alkyl halides is 1. The lowest BCUT2D eigenvalue weighted by Crippen LogP contribution is -2.32. The molecule has 0 amide bonds. The van der Waals surface area contributed by atoms with E-state index in [0.717, 1.165) is 12.2 Å². The molecule has 0 fully saturated rings. The molecule has 1 unspecified atom stereocenters. The van der Waals surface area contributed by atoms with Crippen molar-refractivity contribution < 1.29 is 19.2 Å². The number of aliphatic carboxylic acids is 1. The van der Waals surface area contributed by atoms with Crippen molar-refractivity contribution >= 4 is 5.97 Å². The minimum absolute atomic E-state index is 0.283. The molecular weight excluding hydrogens is 181 g/mol. The van der Waals surface area contributed by atoms with Crippen molar-refractivity contribution in [1.82, 2.24) is 0 Å².